The fraction of sp³-hybridized carbons (Fsp3) is 1.00. The molecule has 1 saturated heterocycles. The largest absolute Gasteiger partial charge is 0.309 e. The smallest absolute Gasteiger partial charge is 0.0326 e. The van der Waals surface area contributed by atoms with Gasteiger partial charge in [-0.2, -0.15) is 0 Å². The second-order valence-electron chi connectivity index (χ2n) is 4.53. The first-order valence-electron chi connectivity index (χ1n) is 4.34. The molecule has 1 rings (SSSR count). The molecule has 0 saturated carbocycles. The molecule has 11 heavy (non-hydrogen) atoms. The van der Waals surface area contributed by atoms with Crippen molar-refractivity contribution in [1.29, 1.82) is 0 Å². The fourth-order valence-electron chi connectivity index (χ4n) is 1.51. The number of hydrogen-bond acceptors (Lipinski definition) is 2. The maximum absolute atomic E-state index is 3.54. The average Bonchev–Trinajstić information content (AvgIpc) is 1.84. The highest BCUT2D eigenvalue weighted by Crippen LogP contribution is 2.28. The van der Waals surface area contributed by atoms with E-state index in [1.165, 1.54) is 0 Å². The second kappa shape index (κ2) is 2.46. The number of rotatable bonds is 0. The quantitative estimate of drug-likeness (QED) is 0.564. The van der Waals surface area contributed by atoms with Gasteiger partial charge < -0.3 is 5.32 Å². The summed E-state index contributed by atoms with van der Waals surface area (Å²) in [7, 11) is 2.20. The molecule has 1 fully saturated rings. The van der Waals surface area contributed by atoms with Gasteiger partial charge in [-0.3, -0.25) is 4.90 Å². The summed E-state index contributed by atoms with van der Waals surface area (Å²) >= 11 is 0. The summed E-state index contributed by atoms with van der Waals surface area (Å²) in [6.07, 6.45) is 0. The minimum atomic E-state index is 0.222. The molecule has 1 aliphatic rings. The predicted molar refractivity (Wildman–Crippen MR) is 48.8 cm³/mol. The Bertz CT molecular complexity index is 150. The van der Waals surface area contributed by atoms with Crippen LogP contribution in [0.1, 0.15) is 27.7 Å². The summed E-state index contributed by atoms with van der Waals surface area (Å²) < 4.78 is 0. The van der Waals surface area contributed by atoms with E-state index in [1.807, 2.05) is 0 Å². The molecule has 0 aromatic heterocycles. The second-order valence-corrected chi connectivity index (χ2v) is 4.53. The third kappa shape index (κ3) is 1.30. The van der Waals surface area contributed by atoms with E-state index in [4.69, 9.17) is 0 Å². The third-order valence-corrected chi connectivity index (χ3v) is 3.50. The van der Waals surface area contributed by atoms with Gasteiger partial charge in [0, 0.05) is 24.2 Å². The topological polar surface area (TPSA) is 15.3 Å². The SMILES string of the molecule is CN1CCNC(C)(C)C1(C)C. The minimum absolute atomic E-state index is 0.222. The summed E-state index contributed by atoms with van der Waals surface area (Å²) in [6, 6.07) is 0. The van der Waals surface area contributed by atoms with Crippen molar-refractivity contribution < 1.29 is 0 Å². The van der Waals surface area contributed by atoms with Gasteiger partial charge in [0.15, 0.2) is 0 Å². The van der Waals surface area contributed by atoms with Crippen LogP contribution in [-0.2, 0) is 0 Å². The van der Waals surface area contributed by atoms with Crippen molar-refractivity contribution in [2.75, 3.05) is 20.1 Å². The van der Waals surface area contributed by atoms with Gasteiger partial charge in [-0.25, -0.2) is 0 Å². The van der Waals surface area contributed by atoms with E-state index in [2.05, 4.69) is 45.0 Å². The number of piperazine rings is 1. The number of nitrogens with zero attached hydrogens (tertiary/aromatic N) is 1. The van der Waals surface area contributed by atoms with Crippen LogP contribution in [0.4, 0.5) is 0 Å². The lowest BCUT2D eigenvalue weighted by Crippen LogP contribution is -2.68. The van der Waals surface area contributed by atoms with Gasteiger partial charge >= 0.3 is 0 Å². The van der Waals surface area contributed by atoms with Gasteiger partial charge in [0.2, 0.25) is 0 Å². The zero-order chi connectivity index (χ0) is 8.70. The molecule has 0 aliphatic carbocycles. The van der Waals surface area contributed by atoms with Gasteiger partial charge in [0.05, 0.1) is 0 Å². The third-order valence-electron chi connectivity index (χ3n) is 3.50. The van der Waals surface area contributed by atoms with Gasteiger partial charge in [0.25, 0.3) is 0 Å². The van der Waals surface area contributed by atoms with Crippen LogP contribution < -0.4 is 5.32 Å². The Kier molecular flexibility index (Phi) is 2.01. The summed E-state index contributed by atoms with van der Waals surface area (Å²) in [5, 5.41) is 3.54. The lowest BCUT2D eigenvalue weighted by Gasteiger charge is -2.52. The molecular weight excluding hydrogens is 136 g/mol. The van der Waals surface area contributed by atoms with Crippen molar-refractivity contribution in [1.82, 2.24) is 10.2 Å². The number of hydrogen-bond donors (Lipinski definition) is 1. The van der Waals surface area contributed by atoms with Crippen molar-refractivity contribution in [2.45, 2.75) is 38.8 Å². The predicted octanol–water partition coefficient (Wildman–Crippen LogP) is 1.08. The summed E-state index contributed by atoms with van der Waals surface area (Å²) in [4.78, 5) is 2.42. The van der Waals surface area contributed by atoms with Crippen LogP contribution in [0.15, 0.2) is 0 Å². The van der Waals surface area contributed by atoms with Crippen LogP contribution >= 0.6 is 0 Å². The van der Waals surface area contributed by atoms with Crippen LogP contribution in [0, 0.1) is 0 Å². The van der Waals surface area contributed by atoms with E-state index in [9.17, 15) is 0 Å². The normalized spacial score (nSPS) is 30.3. The monoisotopic (exact) mass is 156 g/mol. The van der Waals surface area contributed by atoms with Gasteiger partial charge in [-0.15, -0.1) is 0 Å². The van der Waals surface area contributed by atoms with E-state index in [1.54, 1.807) is 0 Å². The molecule has 0 aromatic rings. The highest BCUT2D eigenvalue weighted by atomic mass is 15.3. The Hall–Kier alpha value is -0.0800. The van der Waals surface area contributed by atoms with Crippen LogP contribution in [0.5, 0.6) is 0 Å². The molecule has 0 amide bonds. The molecule has 1 aliphatic heterocycles. The Morgan fingerprint density at radius 3 is 2.09 bits per heavy atom. The van der Waals surface area contributed by atoms with E-state index in [-0.39, 0.29) is 11.1 Å². The number of likely N-dealkylation sites (N-methyl/N-ethyl adjacent to an activating group) is 1. The first-order chi connectivity index (χ1) is 4.88. The van der Waals surface area contributed by atoms with Crippen LogP contribution in [0.2, 0.25) is 0 Å². The first-order valence-corrected chi connectivity index (χ1v) is 4.34. The van der Waals surface area contributed by atoms with Crippen molar-refractivity contribution in [3.05, 3.63) is 0 Å². The Morgan fingerprint density at radius 2 is 1.73 bits per heavy atom. The maximum Gasteiger partial charge on any atom is 0.0326 e. The average molecular weight is 156 g/mol. The van der Waals surface area contributed by atoms with Crippen molar-refractivity contribution in [2.24, 2.45) is 0 Å². The van der Waals surface area contributed by atoms with Crippen molar-refractivity contribution >= 4 is 0 Å². The van der Waals surface area contributed by atoms with E-state index >= 15 is 0 Å². The highest BCUT2D eigenvalue weighted by molar-refractivity contribution is 5.03. The Balaban J connectivity index is 2.82. The molecule has 1 heterocycles. The van der Waals surface area contributed by atoms with Crippen LogP contribution in [0.25, 0.3) is 0 Å². The molecule has 0 radical (unpaired) electrons. The lowest BCUT2D eigenvalue weighted by molar-refractivity contribution is 0.0273. The summed E-state index contributed by atoms with van der Waals surface area (Å²) in [6.45, 7) is 11.4. The molecule has 1 N–H and O–H groups in total. The summed E-state index contributed by atoms with van der Waals surface area (Å²) in [5.74, 6) is 0. The Labute approximate surface area is 70.0 Å². The molecule has 0 aromatic carbocycles. The van der Waals surface area contributed by atoms with E-state index in [0.717, 1.165) is 13.1 Å². The zero-order valence-corrected chi connectivity index (χ0v) is 8.36. The molecule has 0 bridgehead atoms. The standard InChI is InChI=1S/C9H20N2/c1-8(2)9(3,4)11(5)7-6-10-8/h10H,6-7H2,1-5H3. The van der Waals surface area contributed by atoms with Crippen molar-refractivity contribution in [3.8, 4) is 0 Å². The molecule has 66 valence electrons. The molecule has 0 spiro atoms. The highest BCUT2D eigenvalue weighted by Gasteiger charge is 2.42. The molecular formula is C9H20N2. The Morgan fingerprint density at radius 1 is 1.18 bits per heavy atom. The molecule has 0 unspecified atom stereocenters. The first kappa shape index (κ1) is 9.01. The zero-order valence-electron chi connectivity index (χ0n) is 8.36. The van der Waals surface area contributed by atoms with Gasteiger partial charge in [-0.1, -0.05) is 0 Å². The summed E-state index contributed by atoms with van der Waals surface area (Å²) in [5.41, 5.74) is 0.477. The van der Waals surface area contributed by atoms with Gasteiger partial charge in [0.1, 0.15) is 0 Å². The maximum atomic E-state index is 3.54. The fourth-order valence-corrected chi connectivity index (χ4v) is 1.51. The molecule has 2 heteroatoms. The lowest BCUT2D eigenvalue weighted by atomic mass is 9.79. The van der Waals surface area contributed by atoms with Crippen molar-refractivity contribution in [3.63, 3.8) is 0 Å². The van der Waals surface area contributed by atoms with E-state index < -0.39 is 0 Å². The van der Waals surface area contributed by atoms with Gasteiger partial charge in [-0.05, 0) is 34.7 Å². The number of nitrogens with one attached hydrogen (secondary N) is 1. The molecule has 2 nitrogen and oxygen atoms in total. The van der Waals surface area contributed by atoms with Crippen LogP contribution in [0.3, 0.4) is 0 Å². The van der Waals surface area contributed by atoms with E-state index in [0.29, 0.717) is 0 Å². The van der Waals surface area contributed by atoms with Crippen LogP contribution in [-0.4, -0.2) is 36.1 Å². The molecule has 0 atom stereocenters. The minimum Gasteiger partial charge on any atom is -0.309 e.